The zero-order valence-electron chi connectivity index (χ0n) is 19.3. The first-order valence-electron chi connectivity index (χ1n) is 11.4. The smallest absolute Gasteiger partial charge is 0.270 e. The number of carbonyl (C=O) groups is 1. The maximum absolute atomic E-state index is 12.6. The Kier molecular flexibility index (Phi) is 5.29. The number of H-pyrrole nitrogens is 1. The number of aromatic nitrogens is 3. The van der Waals surface area contributed by atoms with Crippen molar-refractivity contribution >= 4 is 22.5 Å². The molecule has 1 amide bonds. The lowest BCUT2D eigenvalue weighted by molar-refractivity contribution is 0.0182. The van der Waals surface area contributed by atoms with Crippen molar-refractivity contribution < 1.29 is 4.79 Å². The molecule has 0 aliphatic carbocycles. The van der Waals surface area contributed by atoms with Gasteiger partial charge in [0, 0.05) is 49.7 Å². The highest BCUT2D eigenvalue weighted by molar-refractivity contribution is 5.92. The van der Waals surface area contributed by atoms with Gasteiger partial charge in [-0.3, -0.25) is 18.9 Å². The maximum Gasteiger partial charge on any atom is 0.270 e. The van der Waals surface area contributed by atoms with E-state index in [0.717, 1.165) is 42.0 Å². The van der Waals surface area contributed by atoms with Crippen LogP contribution in [0.25, 0.3) is 16.6 Å². The molecule has 3 aromatic heterocycles. The van der Waals surface area contributed by atoms with Gasteiger partial charge in [-0.1, -0.05) is 39.0 Å². The van der Waals surface area contributed by atoms with Gasteiger partial charge in [-0.2, -0.15) is 0 Å². The lowest BCUT2D eigenvalue weighted by Crippen LogP contribution is -2.51. The molecule has 1 saturated heterocycles. The third-order valence-corrected chi connectivity index (χ3v) is 6.58. The lowest BCUT2D eigenvalue weighted by Gasteiger charge is -2.46. The SMILES string of the molecule is CC(C)(C)C1CN(Cc2cc3ccc(CNC(=O)c4cc(=O)n5ccccc5n4)cc3[nH]2)C1. The highest BCUT2D eigenvalue weighted by Crippen LogP contribution is 2.34. The Morgan fingerprint density at radius 1 is 1.15 bits per heavy atom. The van der Waals surface area contributed by atoms with Gasteiger partial charge in [-0.25, -0.2) is 4.98 Å². The summed E-state index contributed by atoms with van der Waals surface area (Å²) in [6.07, 6.45) is 1.64. The van der Waals surface area contributed by atoms with Crippen molar-refractivity contribution in [1.29, 1.82) is 0 Å². The van der Waals surface area contributed by atoms with E-state index in [-0.39, 0.29) is 17.2 Å². The van der Waals surface area contributed by atoms with Crippen molar-refractivity contribution in [3.05, 3.63) is 82.0 Å². The van der Waals surface area contributed by atoms with Crippen molar-refractivity contribution in [3.63, 3.8) is 0 Å². The molecule has 0 radical (unpaired) electrons. The molecule has 1 aromatic carbocycles. The van der Waals surface area contributed by atoms with E-state index in [1.165, 1.54) is 16.2 Å². The van der Waals surface area contributed by atoms with Crippen molar-refractivity contribution in [2.45, 2.75) is 33.9 Å². The number of nitrogens with one attached hydrogen (secondary N) is 2. The Balaban J connectivity index is 1.24. The van der Waals surface area contributed by atoms with Crippen molar-refractivity contribution in [1.82, 2.24) is 24.6 Å². The number of likely N-dealkylation sites (tertiary alicyclic amines) is 1. The molecule has 7 nitrogen and oxygen atoms in total. The summed E-state index contributed by atoms with van der Waals surface area (Å²) in [6.45, 7) is 10.5. The average molecular weight is 444 g/mol. The highest BCUT2D eigenvalue weighted by atomic mass is 16.2. The minimum Gasteiger partial charge on any atom is -0.357 e. The van der Waals surface area contributed by atoms with E-state index in [2.05, 4.69) is 59.2 Å². The highest BCUT2D eigenvalue weighted by Gasteiger charge is 2.35. The van der Waals surface area contributed by atoms with Crippen LogP contribution < -0.4 is 10.9 Å². The molecule has 4 aromatic rings. The van der Waals surface area contributed by atoms with Crippen LogP contribution in [-0.4, -0.2) is 38.3 Å². The van der Waals surface area contributed by atoms with E-state index in [0.29, 0.717) is 17.6 Å². The topological polar surface area (TPSA) is 82.5 Å². The number of rotatable bonds is 5. The van der Waals surface area contributed by atoms with Crippen LogP contribution in [0.2, 0.25) is 0 Å². The summed E-state index contributed by atoms with van der Waals surface area (Å²) in [4.78, 5) is 35.1. The average Bonchev–Trinajstić information content (AvgIpc) is 3.15. The summed E-state index contributed by atoms with van der Waals surface area (Å²) >= 11 is 0. The second-order valence-corrected chi connectivity index (χ2v) is 10.1. The van der Waals surface area contributed by atoms with E-state index in [9.17, 15) is 9.59 Å². The maximum atomic E-state index is 12.6. The monoisotopic (exact) mass is 443 g/mol. The zero-order chi connectivity index (χ0) is 23.2. The van der Waals surface area contributed by atoms with Gasteiger partial charge in [-0.05, 0) is 46.5 Å². The van der Waals surface area contributed by atoms with Crippen LogP contribution in [0, 0.1) is 11.3 Å². The summed E-state index contributed by atoms with van der Waals surface area (Å²) in [6, 6.07) is 14.9. The van der Waals surface area contributed by atoms with Crippen molar-refractivity contribution in [3.8, 4) is 0 Å². The quantitative estimate of drug-likeness (QED) is 0.494. The third-order valence-electron chi connectivity index (χ3n) is 6.58. The van der Waals surface area contributed by atoms with E-state index in [4.69, 9.17) is 0 Å². The fourth-order valence-corrected chi connectivity index (χ4v) is 4.36. The molecular weight excluding hydrogens is 414 g/mol. The molecule has 33 heavy (non-hydrogen) atoms. The van der Waals surface area contributed by atoms with Gasteiger partial charge in [0.25, 0.3) is 11.5 Å². The Hall–Kier alpha value is -3.45. The van der Waals surface area contributed by atoms with Crippen LogP contribution in [0.5, 0.6) is 0 Å². The molecule has 1 aliphatic heterocycles. The van der Waals surface area contributed by atoms with Crippen LogP contribution >= 0.6 is 0 Å². The number of carbonyl (C=O) groups excluding carboxylic acids is 1. The molecule has 0 unspecified atom stereocenters. The molecule has 7 heteroatoms. The molecule has 0 spiro atoms. The standard InChI is InChI=1S/C26H29N5O2/c1-26(2,3)19-14-30(15-19)16-20-11-18-8-7-17(10-21(18)28-20)13-27-25(33)22-12-24(32)31-9-5-4-6-23(31)29-22/h4-12,19,28H,13-16H2,1-3H3,(H,27,33). The minimum absolute atomic E-state index is 0.123. The Morgan fingerprint density at radius 3 is 2.76 bits per heavy atom. The number of aromatic amines is 1. The third kappa shape index (κ3) is 4.41. The van der Waals surface area contributed by atoms with Gasteiger partial charge in [0.05, 0.1) is 0 Å². The lowest BCUT2D eigenvalue weighted by atomic mass is 9.76. The van der Waals surface area contributed by atoms with Gasteiger partial charge in [0.1, 0.15) is 11.3 Å². The second kappa shape index (κ2) is 8.15. The predicted molar refractivity (Wildman–Crippen MR) is 129 cm³/mol. The number of hydrogen-bond acceptors (Lipinski definition) is 4. The first kappa shape index (κ1) is 21.4. The van der Waals surface area contributed by atoms with Gasteiger partial charge < -0.3 is 10.3 Å². The number of hydrogen-bond donors (Lipinski definition) is 2. The Bertz CT molecular complexity index is 1390. The van der Waals surface area contributed by atoms with E-state index >= 15 is 0 Å². The second-order valence-electron chi connectivity index (χ2n) is 10.1. The summed E-state index contributed by atoms with van der Waals surface area (Å²) in [7, 11) is 0. The van der Waals surface area contributed by atoms with E-state index in [1.807, 2.05) is 6.07 Å². The number of benzene rings is 1. The summed E-state index contributed by atoms with van der Waals surface area (Å²) in [5.41, 5.74) is 3.92. The van der Waals surface area contributed by atoms with Crippen LogP contribution in [0.4, 0.5) is 0 Å². The van der Waals surface area contributed by atoms with Crippen LogP contribution in [0.1, 0.15) is 42.5 Å². The molecular formula is C26H29N5O2. The molecule has 4 heterocycles. The molecule has 0 bridgehead atoms. The summed E-state index contributed by atoms with van der Waals surface area (Å²) < 4.78 is 1.41. The number of fused-ring (bicyclic) bond motifs is 2. The zero-order valence-corrected chi connectivity index (χ0v) is 19.3. The van der Waals surface area contributed by atoms with Gasteiger partial charge in [0.15, 0.2) is 0 Å². The van der Waals surface area contributed by atoms with Gasteiger partial charge in [0.2, 0.25) is 0 Å². The Morgan fingerprint density at radius 2 is 1.97 bits per heavy atom. The molecule has 0 atom stereocenters. The minimum atomic E-state index is -0.364. The van der Waals surface area contributed by atoms with Gasteiger partial charge >= 0.3 is 0 Å². The number of amides is 1. The molecule has 5 rings (SSSR count). The van der Waals surface area contributed by atoms with Crippen LogP contribution in [0.15, 0.2) is 59.5 Å². The largest absolute Gasteiger partial charge is 0.357 e. The molecule has 2 N–H and O–H groups in total. The van der Waals surface area contributed by atoms with Crippen LogP contribution in [-0.2, 0) is 13.1 Å². The molecule has 1 fully saturated rings. The van der Waals surface area contributed by atoms with Crippen molar-refractivity contribution in [2.75, 3.05) is 13.1 Å². The van der Waals surface area contributed by atoms with E-state index < -0.39 is 0 Å². The first-order chi connectivity index (χ1) is 15.8. The first-order valence-corrected chi connectivity index (χ1v) is 11.4. The van der Waals surface area contributed by atoms with Gasteiger partial charge in [-0.15, -0.1) is 0 Å². The number of nitrogens with zero attached hydrogens (tertiary/aromatic N) is 3. The summed E-state index contributed by atoms with van der Waals surface area (Å²) in [5.74, 6) is 0.391. The Labute approximate surface area is 192 Å². The summed E-state index contributed by atoms with van der Waals surface area (Å²) in [5, 5.41) is 4.04. The number of pyridine rings is 1. The molecule has 0 saturated carbocycles. The fourth-order valence-electron chi connectivity index (χ4n) is 4.36. The normalized spacial score (nSPS) is 15.1. The molecule has 1 aliphatic rings. The van der Waals surface area contributed by atoms with E-state index in [1.54, 1.807) is 24.4 Å². The fraction of sp³-hybridized carbons (Fsp3) is 0.346. The van der Waals surface area contributed by atoms with Crippen LogP contribution in [0.3, 0.4) is 0 Å². The molecule has 170 valence electrons. The van der Waals surface area contributed by atoms with Crippen molar-refractivity contribution in [2.24, 2.45) is 11.3 Å². The predicted octanol–water partition coefficient (Wildman–Crippen LogP) is 3.58.